The lowest BCUT2D eigenvalue weighted by molar-refractivity contribution is 0.0729. The highest BCUT2D eigenvalue weighted by Crippen LogP contribution is 2.35. The molecular weight excluding hydrogens is 264 g/mol. The summed E-state index contributed by atoms with van der Waals surface area (Å²) >= 11 is 0. The highest BCUT2D eigenvalue weighted by Gasteiger charge is 2.37. The van der Waals surface area contributed by atoms with Crippen molar-refractivity contribution < 1.29 is 9.90 Å². The maximum absolute atomic E-state index is 12.6. The average Bonchev–Trinajstić information content (AvgIpc) is 3.38. The van der Waals surface area contributed by atoms with Gasteiger partial charge in [-0.25, -0.2) is 4.98 Å². The van der Waals surface area contributed by atoms with Gasteiger partial charge in [-0.3, -0.25) is 4.79 Å². The van der Waals surface area contributed by atoms with Crippen LogP contribution >= 0.6 is 0 Å². The van der Waals surface area contributed by atoms with Gasteiger partial charge in [0, 0.05) is 30.8 Å². The van der Waals surface area contributed by atoms with Gasteiger partial charge in [-0.05, 0) is 43.7 Å². The summed E-state index contributed by atoms with van der Waals surface area (Å²) in [6, 6.07) is 4.02. The van der Waals surface area contributed by atoms with Gasteiger partial charge >= 0.3 is 0 Å². The van der Waals surface area contributed by atoms with Crippen molar-refractivity contribution in [1.29, 1.82) is 0 Å². The van der Waals surface area contributed by atoms with Crippen LogP contribution in [0.5, 0.6) is 0 Å². The third-order valence-electron chi connectivity index (χ3n) is 3.85. The van der Waals surface area contributed by atoms with Crippen LogP contribution in [-0.2, 0) is 0 Å². The lowest BCUT2D eigenvalue weighted by Gasteiger charge is -2.21. The fourth-order valence-electron chi connectivity index (χ4n) is 2.32. The van der Waals surface area contributed by atoms with E-state index in [0.717, 1.165) is 24.9 Å². The number of hydrogen-bond donors (Lipinski definition) is 1. The Bertz CT molecular complexity index is 563. The van der Waals surface area contributed by atoms with Crippen LogP contribution in [0.4, 0.5) is 0 Å². The van der Waals surface area contributed by atoms with Crippen molar-refractivity contribution in [3.05, 3.63) is 29.6 Å². The molecule has 1 aromatic rings. The third kappa shape index (κ3) is 3.83. The zero-order chi connectivity index (χ0) is 14.7. The number of pyridine rings is 1. The van der Waals surface area contributed by atoms with Gasteiger partial charge in [-0.15, -0.1) is 0 Å². The van der Waals surface area contributed by atoms with E-state index in [1.165, 1.54) is 12.8 Å². The van der Waals surface area contributed by atoms with Crippen LogP contribution in [0.15, 0.2) is 18.3 Å². The number of rotatable bonds is 5. The third-order valence-corrected chi connectivity index (χ3v) is 3.85. The van der Waals surface area contributed by atoms with Gasteiger partial charge < -0.3 is 10.0 Å². The van der Waals surface area contributed by atoms with Gasteiger partial charge in [0.25, 0.3) is 5.91 Å². The molecule has 2 saturated carbocycles. The molecule has 1 aromatic heterocycles. The molecule has 1 amide bonds. The van der Waals surface area contributed by atoms with E-state index in [-0.39, 0.29) is 12.5 Å². The van der Waals surface area contributed by atoms with E-state index in [0.29, 0.717) is 24.1 Å². The second-order valence-electron chi connectivity index (χ2n) is 5.84. The van der Waals surface area contributed by atoms with E-state index in [9.17, 15) is 4.79 Å². The first kappa shape index (κ1) is 14.1. The lowest BCUT2D eigenvalue weighted by atomic mass is 10.2. The molecule has 0 bridgehead atoms. The molecule has 2 aliphatic rings. The highest BCUT2D eigenvalue weighted by atomic mass is 16.2. The summed E-state index contributed by atoms with van der Waals surface area (Å²) in [5.41, 5.74) is 1.29. The molecule has 0 unspecified atom stereocenters. The Labute approximate surface area is 125 Å². The molecule has 3 rings (SSSR count). The fourth-order valence-corrected chi connectivity index (χ4v) is 2.32. The van der Waals surface area contributed by atoms with Gasteiger partial charge in [0.2, 0.25) is 0 Å². The minimum Gasteiger partial charge on any atom is -0.395 e. The number of carbonyl (C=O) groups excluding carboxylic acids is 1. The van der Waals surface area contributed by atoms with E-state index in [4.69, 9.17) is 5.11 Å². The number of nitrogens with zero attached hydrogens (tertiary/aromatic N) is 2. The van der Waals surface area contributed by atoms with Crippen molar-refractivity contribution in [1.82, 2.24) is 9.88 Å². The first-order chi connectivity index (χ1) is 10.3. The summed E-state index contributed by atoms with van der Waals surface area (Å²) in [6.07, 6.45) is 6.86. The van der Waals surface area contributed by atoms with Crippen LogP contribution < -0.4 is 0 Å². The zero-order valence-corrected chi connectivity index (χ0v) is 12.1. The minimum atomic E-state index is 0.0549. The summed E-state index contributed by atoms with van der Waals surface area (Å²) in [5.74, 6) is 6.53. The van der Waals surface area contributed by atoms with E-state index in [1.807, 2.05) is 11.0 Å². The number of amides is 1. The van der Waals surface area contributed by atoms with Crippen molar-refractivity contribution in [2.24, 2.45) is 5.92 Å². The Hall–Kier alpha value is -1.86. The van der Waals surface area contributed by atoms with Crippen LogP contribution in [0, 0.1) is 17.8 Å². The molecule has 0 aromatic carbocycles. The minimum absolute atomic E-state index is 0.0549. The Kier molecular flexibility index (Phi) is 4.21. The largest absolute Gasteiger partial charge is 0.395 e. The molecule has 1 heterocycles. The van der Waals surface area contributed by atoms with Gasteiger partial charge in [0.05, 0.1) is 6.61 Å². The molecular formula is C17H20N2O2. The Morgan fingerprint density at radius 2 is 2.14 bits per heavy atom. The van der Waals surface area contributed by atoms with Gasteiger partial charge in [0.1, 0.15) is 5.69 Å². The Morgan fingerprint density at radius 1 is 1.33 bits per heavy atom. The summed E-state index contributed by atoms with van der Waals surface area (Å²) in [7, 11) is 0. The molecule has 4 nitrogen and oxygen atoms in total. The molecule has 21 heavy (non-hydrogen) atoms. The predicted molar refractivity (Wildman–Crippen MR) is 79.6 cm³/mol. The molecule has 0 saturated heterocycles. The van der Waals surface area contributed by atoms with Crippen molar-refractivity contribution >= 4 is 5.91 Å². The quantitative estimate of drug-likeness (QED) is 0.839. The van der Waals surface area contributed by atoms with E-state index >= 15 is 0 Å². The monoisotopic (exact) mass is 284 g/mol. The average molecular weight is 284 g/mol. The number of aliphatic hydroxyl groups is 1. The molecule has 2 aliphatic carbocycles. The first-order valence-corrected chi connectivity index (χ1v) is 7.64. The van der Waals surface area contributed by atoms with Crippen LogP contribution in [0.3, 0.4) is 0 Å². The molecule has 0 radical (unpaired) electrons. The number of aliphatic hydroxyl groups excluding tert-OH is 1. The van der Waals surface area contributed by atoms with Crippen LogP contribution in [0.1, 0.15) is 48.2 Å². The fraction of sp³-hybridized carbons (Fsp3) is 0.529. The maximum Gasteiger partial charge on any atom is 0.272 e. The second-order valence-corrected chi connectivity index (χ2v) is 5.84. The Balaban J connectivity index is 1.67. The molecule has 0 atom stereocenters. The summed E-state index contributed by atoms with van der Waals surface area (Å²) in [6.45, 7) is 0.956. The Morgan fingerprint density at radius 3 is 2.71 bits per heavy atom. The number of carbonyl (C=O) groups is 1. The molecule has 0 aliphatic heterocycles. The van der Waals surface area contributed by atoms with E-state index in [1.54, 1.807) is 12.3 Å². The number of hydrogen-bond acceptors (Lipinski definition) is 3. The first-order valence-electron chi connectivity index (χ1n) is 7.64. The van der Waals surface area contributed by atoms with Crippen molar-refractivity contribution in [2.45, 2.75) is 38.1 Å². The highest BCUT2D eigenvalue weighted by molar-refractivity contribution is 5.92. The summed E-state index contributed by atoms with van der Waals surface area (Å²) in [4.78, 5) is 18.8. The SMILES string of the molecule is O=C(c1ccc(C#CCCO)cn1)N(CC1CC1)C1CC1. The van der Waals surface area contributed by atoms with Crippen LogP contribution in [0.2, 0.25) is 0 Å². The van der Waals surface area contributed by atoms with Gasteiger partial charge in [-0.1, -0.05) is 11.8 Å². The molecule has 110 valence electrons. The van der Waals surface area contributed by atoms with Crippen molar-refractivity contribution in [2.75, 3.05) is 13.2 Å². The standard InChI is InChI=1S/C17H20N2O2/c20-10-2-1-3-13-6-9-16(18-11-13)17(21)19(15-7-8-15)12-14-4-5-14/h6,9,11,14-15,20H,2,4-5,7-8,10,12H2. The summed E-state index contributed by atoms with van der Waals surface area (Å²) in [5, 5.41) is 8.69. The predicted octanol–water partition coefficient (Wildman–Crippen LogP) is 1.83. The van der Waals surface area contributed by atoms with Crippen molar-refractivity contribution in [3.8, 4) is 11.8 Å². The normalized spacial score (nSPS) is 17.0. The molecule has 0 spiro atoms. The maximum atomic E-state index is 12.6. The lowest BCUT2D eigenvalue weighted by Crippen LogP contribution is -2.35. The van der Waals surface area contributed by atoms with Crippen LogP contribution in [-0.4, -0.2) is 40.1 Å². The summed E-state index contributed by atoms with van der Waals surface area (Å²) < 4.78 is 0. The van der Waals surface area contributed by atoms with Gasteiger partial charge in [0.15, 0.2) is 0 Å². The van der Waals surface area contributed by atoms with E-state index < -0.39 is 0 Å². The number of aromatic nitrogens is 1. The second kappa shape index (κ2) is 6.28. The molecule has 2 fully saturated rings. The van der Waals surface area contributed by atoms with Crippen LogP contribution in [0.25, 0.3) is 0 Å². The smallest absolute Gasteiger partial charge is 0.272 e. The van der Waals surface area contributed by atoms with E-state index in [2.05, 4.69) is 16.8 Å². The van der Waals surface area contributed by atoms with Crippen molar-refractivity contribution in [3.63, 3.8) is 0 Å². The topological polar surface area (TPSA) is 53.4 Å². The molecule has 1 N–H and O–H groups in total. The molecule has 4 heteroatoms. The zero-order valence-electron chi connectivity index (χ0n) is 12.1. The van der Waals surface area contributed by atoms with Gasteiger partial charge in [-0.2, -0.15) is 0 Å².